The number of hydrogen-bond donors (Lipinski definition) is 1. The van der Waals surface area contributed by atoms with Gasteiger partial charge in [0.2, 0.25) is 5.82 Å². The highest BCUT2D eigenvalue weighted by atomic mass is 19.4. The van der Waals surface area contributed by atoms with E-state index in [-0.39, 0.29) is 23.7 Å². The van der Waals surface area contributed by atoms with Crippen LogP contribution < -0.4 is 10.3 Å². The Bertz CT molecular complexity index is 1740. The number of nitrogens with zero attached hydrogens (tertiary/aromatic N) is 4. The van der Waals surface area contributed by atoms with E-state index in [0.29, 0.717) is 34.6 Å². The summed E-state index contributed by atoms with van der Waals surface area (Å²) in [7, 11) is 0. The fraction of sp³-hybridized carbons (Fsp3) is 0.226. The molecule has 0 amide bonds. The molecule has 11 heteroatoms. The van der Waals surface area contributed by atoms with E-state index in [1.54, 1.807) is 23.6 Å². The first-order chi connectivity index (χ1) is 20.1. The van der Waals surface area contributed by atoms with Gasteiger partial charge in [-0.1, -0.05) is 72.7 Å². The van der Waals surface area contributed by atoms with Gasteiger partial charge in [-0.2, -0.15) is 18.2 Å². The fourth-order valence-corrected chi connectivity index (χ4v) is 4.74. The SMILES string of the molecule is CCCc1nc(C)c(-c2ccc(OCC(F)(F)F)cc2)c(=O)n1Cc1ccc(-c2ccccc2-c2noc(O)n2)cc1. The topological polar surface area (TPSA) is 103 Å². The Balaban J connectivity index is 1.45. The van der Waals surface area contributed by atoms with Crippen molar-refractivity contribution in [3.05, 3.63) is 100 Å². The summed E-state index contributed by atoms with van der Waals surface area (Å²) in [4.78, 5) is 22.5. The first kappa shape index (κ1) is 28.6. The lowest BCUT2D eigenvalue weighted by atomic mass is 9.98. The minimum atomic E-state index is -4.44. The largest absolute Gasteiger partial charge is 0.484 e. The van der Waals surface area contributed by atoms with E-state index >= 15 is 0 Å². The number of alkyl halides is 3. The molecule has 5 rings (SSSR count). The zero-order valence-electron chi connectivity index (χ0n) is 22.9. The van der Waals surface area contributed by atoms with Gasteiger partial charge in [-0.25, -0.2) is 4.98 Å². The lowest BCUT2D eigenvalue weighted by Gasteiger charge is -2.17. The third-order valence-corrected chi connectivity index (χ3v) is 6.64. The Labute approximate surface area is 239 Å². The smallest absolute Gasteiger partial charge is 0.422 e. The molecule has 0 bridgehead atoms. The quantitative estimate of drug-likeness (QED) is 0.211. The fourth-order valence-electron chi connectivity index (χ4n) is 4.74. The number of benzene rings is 3. The minimum Gasteiger partial charge on any atom is -0.484 e. The van der Waals surface area contributed by atoms with Gasteiger partial charge in [0.1, 0.15) is 11.6 Å². The van der Waals surface area contributed by atoms with Crippen LogP contribution in [0.4, 0.5) is 13.2 Å². The van der Waals surface area contributed by atoms with Crippen LogP contribution in [0.25, 0.3) is 33.6 Å². The van der Waals surface area contributed by atoms with Gasteiger partial charge >= 0.3 is 12.3 Å². The van der Waals surface area contributed by atoms with Crippen LogP contribution in [0.3, 0.4) is 0 Å². The molecule has 0 unspecified atom stereocenters. The zero-order valence-corrected chi connectivity index (χ0v) is 22.9. The first-order valence-corrected chi connectivity index (χ1v) is 13.2. The van der Waals surface area contributed by atoms with Gasteiger partial charge in [0, 0.05) is 12.0 Å². The van der Waals surface area contributed by atoms with E-state index in [2.05, 4.69) is 10.1 Å². The lowest BCUT2D eigenvalue weighted by molar-refractivity contribution is -0.153. The lowest BCUT2D eigenvalue weighted by Crippen LogP contribution is -2.28. The van der Waals surface area contributed by atoms with Crippen LogP contribution in [0.1, 0.15) is 30.4 Å². The summed E-state index contributed by atoms with van der Waals surface area (Å²) in [5, 5.41) is 13.3. The van der Waals surface area contributed by atoms with Gasteiger partial charge in [0.05, 0.1) is 17.8 Å². The highest BCUT2D eigenvalue weighted by Crippen LogP contribution is 2.31. The van der Waals surface area contributed by atoms with Crippen molar-refractivity contribution >= 4 is 0 Å². The monoisotopic (exact) mass is 576 g/mol. The Morgan fingerprint density at radius 3 is 2.21 bits per heavy atom. The van der Waals surface area contributed by atoms with Crippen LogP contribution in [0.2, 0.25) is 0 Å². The summed E-state index contributed by atoms with van der Waals surface area (Å²) >= 11 is 0. The van der Waals surface area contributed by atoms with E-state index in [1.165, 1.54) is 12.1 Å². The summed E-state index contributed by atoms with van der Waals surface area (Å²) in [6.45, 7) is 2.65. The number of hydrogen-bond acceptors (Lipinski definition) is 7. The minimum absolute atomic E-state index is 0.0578. The highest BCUT2D eigenvalue weighted by Gasteiger charge is 2.28. The summed E-state index contributed by atoms with van der Waals surface area (Å²) in [6, 6.07) is 21.1. The standard InChI is InChI=1S/C31H27F3N4O4/c1-3-6-26-35-19(2)27(22-13-15-23(16-14-22)41-18-31(32,33)34)29(39)38(26)17-20-9-11-21(12-10-20)24-7-4-5-8-25(24)28-36-30(40)42-37-28/h4-5,7-16H,3,6,17-18H2,1-2H3,(H,36,37,40). The molecule has 0 atom stereocenters. The Hall–Kier alpha value is -4.93. The maximum absolute atomic E-state index is 13.8. The van der Waals surface area contributed by atoms with Crippen LogP contribution in [0.15, 0.2) is 82.1 Å². The van der Waals surface area contributed by atoms with Crippen LogP contribution >= 0.6 is 0 Å². The molecule has 0 spiro atoms. The third kappa shape index (κ3) is 6.35. The Morgan fingerprint density at radius 1 is 0.929 bits per heavy atom. The van der Waals surface area contributed by atoms with Gasteiger partial charge in [-0.15, -0.1) is 0 Å². The number of aromatic hydroxyl groups is 1. The second-order valence-electron chi connectivity index (χ2n) is 9.70. The van der Waals surface area contributed by atoms with Crippen molar-refractivity contribution in [2.45, 2.75) is 39.4 Å². The zero-order chi connectivity index (χ0) is 29.9. The van der Waals surface area contributed by atoms with Crippen molar-refractivity contribution in [2.75, 3.05) is 6.61 Å². The second-order valence-corrected chi connectivity index (χ2v) is 9.70. The summed E-state index contributed by atoms with van der Waals surface area (Å²) in [6.07, 6.45) is -3.57. The van der Waals surface area contributed by atoms with Crippen molar-refractivity contribution in [2.24, 2.45) is 0 Å². The number of aromatic nitrogens is 4. The van der Waals surface area contributed by atoms with Crippen molar-refractivity contribution in [1.82, 2.24) is 19.7 Å². The molecule has 3 aromatic carbocycles. The second kappa shape index (κ2) is 11.9. The molecule has 0 aliphatic rings. The predicted octanol–water partition coefficient (Wildman–Crippen LogP) is 6.58. The van der Waals surface area contributed by atoms with Crippen LogP contribution in [0, 0.1) is 6.92 Å². The van der Waals surface area contributed by atoms with Crippen LogP contribution in [-0.2, 0) is 13.0 Å². The maximum Gasteiger partial charge on any atom is 0.422 e. The van der Waals surface area contributed by atoms with E-state index < -0.39 is 18.9 Å². The van der Waals surface area contributed by atoms with Crippen molar-refractivity contribution < 1.29 is 27.5 Å². The van der Waals surface area contributed by atoms with Gasteiger partial charge in [-0.05, 0) is 47.7 Å². The van der Waals surface area contributed by atoms with Gasteiger partial charge in [0.15, 0.2) is 6.61 Å². The molecule has 0 radical (unpaired) electrons. The summed E-state index contributed by atoms with van der Waals surface area (Å²) < 4.78 is 48.7. The molecule has 0 aliphatic carbocycles. The Morgan fingerprint density at radius 2 is 1.60 bits per heavy atom. The number of halogens is 3. The third-order valence-electron chi connectivity index (χ3n) is 6.64. The first-order valence-electron chi connectivity index (χ1n) is 13.2. The van der Waals surface area contributed by atoms with Gasteiger partial charge in [0.25, 0.3) is 5.56 Å². The van der Waals surface area contributed by atoms with Crippen molar-refractivity contribution in [3.8, 4) is 45.5 Å². The Kier molecular flexibility index (Phi) is 8.10. The van der Waals surface area contributed by atoms with Crippen LogP contribution in [-0.4, -0.2) is 37.6 Å². The molecular weight excluding hydrogens is 549 g/mol. The summed E-state index contributed by atoms with van der Waals surface area (Å²) in [5.41, 5.74) is 4.53. The van der Waals surface area contributed by atoms with E-state index in [9.17, 15) is 23.1 Å². The van der Waals surface area contributed by atoms with E-state index in [0.717, 1.165) is 23.1 Å². The average molecular weight is 577 g/mol. The molecule has 216 valence electrons. The predicted molar refractivity (Wildman–Crippen MR) is 150 cm³/mol. The molecule has 5 aromatic rings. The van der Waals surface area contributed by atoms with Crippen molar-refractivity contribution in [3.63, 3.8) is 0 Å². The average Bonchev–Trinajstić information content (AvgIpc) is 3.41. The molecule has 1 N–H and O–H groups in total. The summed E-state index contributed by atoms with van der Waals surface area (Å²) in [5.74, 6) is 0.976. The van der Waals surface area contributed by atoms with E-state index in [1.807, 2.05) is 55.5 Å². The van der Waals surface area contributed by atoms with Gasteiger partial charge < -0.3 is 9.84 Å². The van der Waals surface area contributed by atoms with Crippen LogP contribution in [0.5, 0.6) is 11.8 Å². The highest BCUT2D eigenvalue weighted by molar-refractivity contribution is 5.80. The maximum atomic E-state index is 13.8. The number of rotatable bonds is 9. The molecule has 2 heterocycles. The number of aryl methyl sites for hydroxylation is 2. The van der Waals surface area contributed by atoms with Gasteiger partial charge in [-0.3, -0.25) is 13.9 Å². The number of ether oxygens (including phenoxy) is 1. The molecule has 0 saturated carbocycles. The molecule has 0 fully saturated rings. The molecule has 42 heavy (non-hydrogen) atoms. The van der Waals surface area contributed by atoms with E-state index in [4.69, 9.17) is 14.2 Å². The molecule has 0 saturated heterocycles. The normalized spacial score (nSPS) is 11.5. The molecule has 8 nitrogen and oxygen atoms in total. The molecule has 2 aromatic heterocycles. The molecular formula is C31H27F3N4O4. The van der Waals surface area contributed by atoms with Crippen molar-refractivity contribution in [1.29, 1.82) is 0 Å². The molecule has 0 aliphatic heterocycles.